The molecule has 0 fully saturated rings. The number of halogens is 2. The zero-order valence-corrected chi connectivity index (χ0v) is 11.7. The van der Waals surface area contributed by atoms with Crippen molar-refractivity contribution in [3.63, 3.8) is 0 Å². The molecule has 0 amide bonds. The maximum absolute atomic E-state index is 13.9. The third-order valence-corrected chi connectivity index (χ3v) is 3.50. The third kappa shape index (κ3) is 2.73. The molecule has 2 aromatic rings. The van der Waals surface area contributed by atoms with Gasteiger partial charge >= 0.3 is 0 Å². The van der Waals surface area contributed by atoms with Crippen molar-refractivity contribution in [3.8, 4) is 0 Å². The van der Waals surface area contributed by atoms with E-state index in [1.165, 1.54) is 19.1 Å². The minimum Gasteiger partial charge on any atom is -0.381 e. The van der Waals surface area contributed by atoms with Crippen molar-refractivity contribution < 1.29 is 13.9 Å². The summed E-state index contributed by atoms with van der Waals surface area (Å²) in [5.41, 5.74) is 0.0248. The molecule has 2 aromatic carbocycles. The van der Waals surface area contributed by atoms with Crippen LogP contribution in [-0.4, -0.2) is 5.11 Å². The first-order valence-corrected chi connectivity index (χ1v) is 6.73. The van der Waals surface area contributed by atoms with Gasteiger partial charge < -0.3 is 5.11 Å². The van der Waals surface area contributed by atoms with Gasteiger partial charge in [-0.25, -0.2) is 8.78 Å². The van der Waals surface area contributed by atoms with E-state index in [4.69, 9.17) is 0 Å². The van der Waals surface area contributed by atoms with Crippen molar-refractivity contribution in [1.82, 2.24) is 0 Å². The molecule has 1 unspecified atom stereocenters. The molecular formula is C17H18F2O. The summed E-state index contributed by atoms with van der Waals surface area (Å²) in [7, 11) is 0. The number of hydrogen-bond donors (Lipinski definition) is 1. The van der Waals surface area contributed by atoms with E-state index in [2.05, 4.69) is 6.92 Å². The monoisotopic (exact) mass is 276 g/mol. The second kappa shape index (κ2) is 5.71. The van der Waals surface area contributed by atoms with Crippen molar-refractivity contribution >= 4 is 0 Å². The number of hydrogen-bond acceptors (Lipinski definition) is 1. The summed E-state index contributed by atoms with van der Waals surface area (Å²) in [6.45, 7) is 3.55. The van der Waals surface area contributed by atoms with Crippen molar-refractivity contribution in [2.24, 2.45) is 0 Å². The zero-order valence-electron chi connectivity index (χ0n) is 11.7. The number of rotatable bonds is 4. The first-order valence-electron chi connectivity index (χ1n) is 6.73. The fourth-order valence-electron chi connectivity index (χ4n) is 2.35. The lowest BCUT2D eigenvalue weighted by molar-refractivity contribution is 0.0969. The van der Waals surface area contributed by atoms with E-state index in [9.17, 15) is 13.9 Å². The second-order valence-corrected chi connectivity index (χ2v) is 5.12. The molecule has 106 valence electrons. The summed E-state index contributed by atoms with van der Waals surface area (Å²) in [5.74, 6) is -1.95. The predicted octanol–water partition coefficient (Wildman–Crippen LogP) is 4.17. The number of aryl methyl sites for hydroxylation is 1. The Labute approximate surface area is 117 Å². The summed E-state index contributed by atoms with van der Waals surface area (Å²) in [6, 6.07) is 11.2. The van der Waals surface area contributed by atoms with Crippen LogP contribution in [0.5, 0.6) is 0 Å². The van der Waals surface area contributed by atoms with E-state index in [0.717, 1.165) is 24.5 Å². The van der Waals surface area contributed by atoms with Gasteiger partial charge in [-0.2, -0.15) is 0 Å². The van der Waals surface area contributed by atoms with E-state index in [0.29, 0.717) is 5.56 Å². The van der Waals surface area contributed by atoms with Crippen LogP contribution in [0.1, 0.15) is 37.0 Å². The highest BCUT2D eigenvalue weighted by molar-refractivity contribution is 5.38. The molecule has 1 atom stereocenters. The Morgan fingerprint density at radius 3 is 2.50 bits per heavy atom. The molecule has 1 nitrogen and oxygen atoms in total. The molecule has 0 aliphatic heterocycles. The molecule has 0 bridgehead atoms. The van der Waals surface area contributed by atoms with E-state index in [1.807, 2.05) is 18.2 Å². The van der Waals surface area contributed by atoms with Crippen LogP contribution in [0.3, 0.4) is 0 Å². The predicted molar refractivity (Wildman–Crippen MR) is 75.5 cm³/mol. The summed E-state index contributed by atoms with van der Waals surface area (Å²) >= 11 is 0. The summed E-state index contributed by atoms with van der Waals surface area (Å²) in [4.78, 5) is 0. The molecule has 0 radical (unpaired) electrons. The van der Waals surface area contributed by atoms with Crippen LogP contribution >= 0.6 is 0 Å². The van der Waals surface area contributed by atoms with E-state index in [-0.39, 0.29) is 5.56 Å². The van der Waals surface area contributed by atoms with Gasteiger partial charge in [0.1, 0.15) is 5.60 Å². The SMILES string of the molecule is CCCc1cccc(C(C)(O)c2cccc(F)c2F)c1. The third-order valence-electron chi connectivity index (χ3n) is 3.50. The molecule has 0 aliphatic carbocycles. The van der Waals surface area contributed by atoms with Crippen molar-refractivity contribution in [3.05, 3.63) is 70.8 Å². The lowest BCUT2D eigenvalue weighted by atomic mass is 9.86. The summed E-state index contributed by atoms with van der Waals surface area (Å²) < 4.78 is 27.2. The molecule has 0 saturated carbocycles. The minimum atomic E-state index is -1.56. The van der Waals surface area contributed by atoms with Crippen LogP contribution in [0.2, 0.25) is 0 Å². The standard InChI is InChI=1S/C17H18F2O/c1-3-6-12-7-4-8-13(11-12)17(2,20)14-9-5-10-15(18)16(14)19/h4-5,7-11,20H,3,6H2,1-2H3. The van der Waals surface area contributed by atoms with Gasteiger partial charge in [0.15, 0.2) is 11.6 Å². The highest BCUT2D eigenvalue weighted by Gasteiger charge is 2.30. The van der Waals surface area contributed by atoms with Gasteiger partial charge in [0.2, 0.25) is 0 Å². The fourth-order valence-corrected chi connectivity index (χ4v) is 2.35. The molecule has 2 rings (SSSR count). The Morgan fingerprint density at radius 1 is 1.10 bits per heavy atom. The Morgan fingerprint density at radius 2 is 1.80 bits per heavy atom. The van der Waals surface area contributed by atoms with E-state index < -0.39 is 17.2 Å². The Bertz CT molecular complexity index is 606. The van der Waals surface area contributed by atoms with Gasteiger partial charge in [0.05, 0.1) is 0 Å². The van der Waals surface area contributed by atoms with Gasteiger partial charge in [-0.1, -0.05) is 49.7 Å². The number of benzene rings is 2. The van der Waals surface area contributed by atoms with Gasteiger partial charge in [-0.15, -0.1) is 0 Å². The Kier molecular flexibility index (Phi) is 4.19. The van der Waals surface area contributed by atoms with Crippen LogP contribution in [0.15, 0.2) is 42.5 Å². The van der Waals surface area contributed by atoms with E-state index in [1.54, 1.807) is 6.07 Å². The highest BCUT2D eigenvalue weighted by Crippen LogP contribution is 2.32. The molecule has 0 heterocycles. The van der Waals surface area contributed by atoms with Crippen molar-refractivity contribution in [2.75, 3.05) is 0 Å². The second-order valence-electron chi connectivity index (χ2n) is 5.12. The van der Waals surface area contributed by atoms with Gasteiger partial charge in [0.25, 0.3) is 0 Å². The first-order chi connectivity index (χ1) is 9.46. The maximum Gasteiger partial charge on any atom is 0.165 e. The quantitative estimate of drug-likeness (QED) is 0.888. The molecule has 0 aromatic heterocycles. The molecule has 3 heteroatoms. The van der Waals surface area contributed by atoms with Gasteiger partial charge in [-0.05, 0) is 30.5 Å². The molecule has 0 saturated heterocycles. The first kappa shape index (κ1) is 14.7. The van der Waals surface area contributed by atoms with Gasteiger partial charge in [0, 0.05) is 5.56 Å². The lowest BCUT2D eigenvalue weighted by Gasteiger charge is -2.25. The van der Waals surface area contributed by atoms with Gasteiger partial charge in [-0.3, -0.25) is 0 Å². The summed E-state index contributed by atoms with van der Waals surface area (Å²) in [6.07, 6.45) is 1.87. The Hall–Kier alpha value is -1.74. The molecule has 1 N–H and O–H groups in total. The fraction of sp³-hybridized carbons (Fsp3) is 0.294. The molecule has 0 aliphatic rings. The molecule has 0 spiro atoms. The maximum atomic E-state index is 13.9. The van der Waals surface area contributed by atoms with E-state index >= 15 is 0 Å². The van der Waals surface area contributed by atoms with Crippen LogP contribution < -0.4 is 0 Å². The van der Waals surface area contributed by atoms with Crippen LogP contribution in [0, 0.1) is 11.6 Å². The van der Waals surface area contributed by atoms with Crippen LogP contribution in [0.4, 0.5) is 8.78 Å². The highest BCUT2D eigenvalue weighted by atomic mass is 19.2. The minimum absolute atomic E-state index is 0.0499. The largest absolute Gasteiger partial charge is 0.381 e. The normalized spacial score (nSPS) is 14.1. The van der Waals surface area contributed by atoms with Crippen LogP contribution in [0.25, 0.3) is 0 Å². The summed E-state index contributed by atoms with van der Waals surface area (Å²) in [5, 5.41) is 10.6. The smallest absolute Gasteiger partial charge is 0.165 e. The zero-order chi connectivity index (χ0) is 14.8. The molecular weight excluding hydrogens is 258 g/mol. The van der Waals surface area contributed by atoms with Crippen molar-refractivity contribution in [2.45, 2.75) is 32.3 Å². The average molecular weight is 276 g/mol. The topological polar surface area (TPSA) is 20.2 Å². The average Bonchev–Trinajstić information content (AvgIpc) is 2.42. The van der Waals surface area contributed by atoms with Crippen molar-refractivity contribution in [1.29, 1.82) is 0 Å². The molecule has 20 heavy (non-hydrogen) atoms. The lowest BCUT2D eigenvalue weighted by Crippen LogP contribution is -2.25. The number of aliphatic hydroxyl groups is 1. The Balaban J connectivity index is 2.48. The van der Waals surface area contributed by atoms with Crippen LogP contribution in [-0.2, 0) is 12.0 Å².